The molecule has 0 radical (unpaired) electrons. The number of nitrogens with zero attached hydrogens (tertiary/aromatic N) is 6. The molecule has 0 amide bonds. The minimum Gasteiger partial charge on any atom is -0.354 e. The van der Waals surface area contributed by atoms with E-state index in [9.17, 15) is 0 Å². The molecule has 2 fully saturated rings. The molecule has 8 heteroatoms. The van der Waals surface area contributed by atoms with E-state index in [1.807, 2.05) is 12.2 Å². The van der Waals surface area contributed by atoms with Crippen molar-refractivity contribution in [3.05, 3.63) is 50.6 Å². The van der Waals surface area contributed by atoms with Gasteiger partial charge in [0.25, 0.3) is 0 Å². The second-order valence-electron chi connectivity index (χ2n) is 17.2. The fourth-order valence-corrected chi connectivity index (χ4v) is 9.43. The largest absolute Gasteiger partial charge is 0.354 e. The molecular weight excluding hydrogens is 605 g/mol. The number of piperidine rings is 2. The van der Waals surface area contributed by atoms with Crippen LogP contribution in [0.2, 0.25) is 0 Å². The van der Waals surface area contributed by atoms with Crippen LogP contribution in [0.1, 0.15) is 120 Å². The number of likely N-dealkylation sites (tertiary alicyclic amines) is 2. The zero-order chi connectivity index (χ0) is 36.3. The van der Waals surface area contributed by atoms with Gasteiger partial charge in [0, 0.05) is 61.4 Å². The van der Waals surface area contributed by atoms with E-state index in [-0.39, 0.29) is 22.2 Å². The van der Waals surface area contributed by atoms with Gasteiger partial charge < -0.3 is 15.5 Å². The lowest BCUT2D eigenvalue weighted by atomic mass is 9.72. The number of nitrogens with one attached hydrogen (secondary N) is 2. The Kier molecular flexibility index (Phi) is 14.9. The van der Waals surface area contributed by atoms with E-state index >= 15 is 0 Å². The molecule has 8 nitrogen and oxygen atoms in total. The van der Waals surface area contributed by atoms with Gasteiger partial charge in [0.1, 0.15) is 0 Å². The molecule has 0 aliphatic carbocycles. The number of hydrogen-bond donors (Lipinski definition) is 2. The molecule has 2 N–H and O–H groups in total. The van der Waals surface area contributed by atoms with Crippen molar-refractivity contribution in [2.45, 2.75) is 142 Å². The van der Waals surface area contributed by atoms with Gasteiger partial charge in [-0.3, -0.25) is 9.80 Å². The number of aromatic nitrogens is 3. The van der Waals surface area contributed by atoms with E-state index in [4.69, 9.17) is 15.0 Å². The van der Waals surface area contributed by atoms with Gasteiger partial charge in [-0.25, -0.2) is 0 Å². The van der Waals surface area contributed by atoms with Crippen LogP contribution in [0.5, 0.6) is 0 Å². The maximum absolute atomic E-state index is 4.81. The van der Waals surface area contributed by atoms with Crippen LogP contribution in [0.4, 0.5) is 17.8 Å². The fraction of sp³-hybridized carbons (Fsp3) is 0.732. The van der Waals surface area contributed by atoms with Gasteiger partial charge in [0.05, 0.1) is 0 Å². The molecule has 0 saturated carbocycles. The lowest BCUT2D eigenvalue weighted by molar-refractivity contribution is -0.0446. The number of anilines is 3. The van der Waals surface area contributed by atoms with Gasteiger partial charge in [-0.2, -0.15) is 15.0 Å². The summed E-state index contributed by atoms with van der Waals surface area (Å²) in [6, 6.07) is 0. The van der Waals surface area contributed by atoms with Gasteiger partial charge in [-0.15, -0.1) is 26.3 Å². The molecule has 3 rings (SSSR count). The first-order valence-corrected chi connectivity index (χ1v) is 19.1. The van der Waals surface area contributed by atoms with Crippen LogP contribution in [0.15, 0.2) is 50.6 Å². The van der Waals surface area contributed by atoms with Crippen molar-refractivity contribution in [3.8, 4) is 0 Å². The number of rotatable bonds is 21. The first-order chi connectivity index (χ1) is 23.1. The summed E-state index contributed by atoms with van der Waals surface area (Å²) in [5, 5.41) is 7.04. The third-order valence-electron chi connectivity index (χ3n) is 10.9. The lowest BCUT2D eigenvalue weighted by Crippen LogP contribution is -2.60. The third kappa shape index (κ3) is 11.7. The fourth-order valence-electron chi connectivity index (χ4n) is 9.43. The average Bonchev–Trinajstić information content (AvgIpc) is 2.99. The molecule has 0 bridgehead atoms. The molecule has 2 aliphatic heterocycles. The van der Waals surface area contributed by atoms with Crippen LogP contribution in [0, 0.1) is 11.8 Å². The van der Waals surface area contributed by atoms with E-state index in [2.05, 4.69) is 119 Å². The lowest BCUT2D eigenvalue weighted by Gasteiger charge is -2.55. The van der Waals surface area contributed by atoms with Gasteiger partial charge in [0.15, 0.2) is 0 Å². The van der Waals surface area contributed by atoms with Crippen LogP contribution >= 0.6 is 0 Å². The average molecular weight is 677 g/mol. The normalized spacial score (nSPS) is 20.7. The molecule has 49 heavy (non-hydrogen) atoms. The van der Waals surface area contributed by atoms with Crippen molar-refractivity contribution in [2.24, 2.45) is 11.8 Å². The summed E-state index contributed by atoms with van der Waals surface area (Å²) >= 11 is 0. The Balaban J connectivity index is 1.54. The Hall–Kier alpha value is -2.71. The number of unbranched alkanes of at least 4 members (excludes halogenated alkanes) is 2. The molecule has 0 spiro atoms. The van der Waals surface area contributed by atoms with Crippen molar-refractivity contribution in [2.75, 3.05) is 54.8 Å². The van der Waals surface area contributed by atoms with Crippen molar-refractivity contribution < 1.29 is 0 Å². The monoisotopic (exact) mass is 677 g/mol. The smallest absolute Gasteiger partial charge is 0.232 e. The summed E-state index contributed by atoms with van der Waals surface area (Å²) in [5.74, 6) is 3.37. The van der Waals surface area contributed by atoms with Gasteiger partial charge in [-0.1, -0.05) is 50.0 Å². The Bertz CT molecular complexity index is 1090. The quantitative estimate of drug-likeness (QED) is 0.0987. The molecule has 0 unspecified atom stereocenters. The summed E-state index contributed by atoms with van der Waals surface area (Å²) in [6.45, 7) is 39.9. The zero-order valence-corrected chi connectivity index (χ0v) is 32.8. The highest BCUT2D eigenvalue weighted by Gasteiger charge is 2.45. The summed E-state index contributed by atoms with van der Waals surface area (Å²) < 4.78 is 0. The standard InChI is InChI=1S/C41H72N8/c1-13-25-47(26-14-2)37-45-35(42-23-19-17-21-33-29-38(5,6)48(27-15-3)39(7,8)30-33)44-36(46-37)43-24-20-18-22-34-31-40(9,10)49(28-16-4)41(11,12)32-34/h13-16,33-34H,1-4,17-32H2,5-12H3,(H2,42,43,44,45,46). The van der Waals surface area contributed by atoms with Gasteiger partial charge in [-0.05, 0) is 106 Å². The third-order valence-corrected chi connectivity index (χ3v) is 10.9. The Morgan fingerprint density at radius 3 is 1.29 bits per heavy atom. The van der Waals surface area contributed by atoms with E-state index in [0.29, 0.717) is 30.9 Å². The second kappa shape index (κ2) is 18.0. The van der Waals surface area contributed by atoms with Crippen molar-refractivity contribution >= 4 is 17.8 Å². The molecule has 2 aliphatic rings. The first-order valence-electron chi connectivity index (χ1n) is 19.1. The van der Waals surface area contributed by atoms with Crippen LogP contribution in [-0.4, -0.2) is 86.2 Å². The SMILES string of the molecule is C=CCN(CC=C)c1nc(NCCCCC2CC(C)(C)N(CC=C)C(C)(C)C2)nc(NCCCCC2CC(C)(C)N(CC=C)C(C)(C)C2)n1. The Morgan fingerprint density at radius 1 is 0.592 bits per heavy atom. The summed E-state index contributed by atoms with van der Waals surface area (Å²) in [6.07, 6.45) is 19.8. The van der Waals surface area contributed by atoms with Gasteiger partial charge >= 0.3 is 0 Å². The van der Waals surface area contributed by atoms with Crippen LogP contribution < -0.4 is 15.5 Å². The highest BCUT2D eigenvalue weighted by molar-refractivity contribution is 5.44. The highest BCUT2D eigenvalue weighted by Crippen LogP contribution is 2.44. The number of hydrogen-bond acceptors (Lipinski definition) is 8. The van der Waals surface area contributed by atoms with Crippen LogP contribution in [0.25, 0.3) is 0 Å². The van der Waals surface area contributed by atoms with Crippen LogP contribution in [-0.2, 0) is 0 Å². The minimum absolute atomic E-state index is 0.184. The molecule has 1 aromatic rings. The zero-order valence-electron chi connectivity index (χ0n) is 32.8. The van der Waals surface area contributed by atoms with Gasteiger partial charge in [0.2, 0.25) is 17.8 Å². The molecule has 2 saturated heterocycles. The van der Waals surface area contributed by atoms with E-state index in [0.717, 1.165) is 50.9 Å². The predicted octanol–water partition coefficient (Wildman–Crippen LogP) is 9.12. The molecule has 0 aromatic carbocycles. The first kappa shape index (κ1) is 40.7. The molecule has 1 aromatic heterocycles. The van der Waals surface area contributed by atoms with Crippen LogP contribution in [0.3, 0.4) is 0 Å². The molecular formula is C41H72N8. The molecule has 276 valence electrons. The summed E-state index contributed by atoms with van der Waals surface area (Å²) in [5.41, 5.74) is 0.735. The Labute approximate surface area is 301 Å². The van der Waals surface area contributed by atoms with Crippen molar-refractivity contribution in [1.82, 2.24) is 24.8 Å². The van der Waals surface area contributed by atoms with E-state index in [1.54, 1.807) is 0 Å². The topological polar surface area (TPSA) is 72.5 Å². The maximum Gasteiger partial charge on any atom is 0.232 e. The molecule has 0 atom stereocenters. The van der Waals surface area contributed by atoms with E-state index < -0.39 is 0 Å². The predicted molar refractivity (Wildman–Crippen MR) is 213 cm³/mol. The molecule has 3 heterocycles. The van der Waals surface area contributed by atoms with Crippen molar-refractivity contribution in [3.63, 3.8) is 0 Å². The van der Waals surface area contributed by atoms with Crippen molar-refractivity contribution in [1.29, 1.82) is 0 Å². The maximum atomic E-state index is 4.81. The second-order valence-corrected chi connectivity index (χ2v) is 17.2. The highest BCUT2D eigenvalue weighted by atomic mass is 15.3. The summed E-state index contributed by atoms with van der Waals surface area (Å²) in [4.78, 5) is 21.7. The summed E-state index contributed by atoms with van der Waals surface area (Å²) in [7, 11) is 0. The van der Waals surface area contributed by atoms with E-state index in [1.165, 1.54) is 51.4 Å². The minimum atomic E-state index is 0.184. The Morgan fingerprint density at radius 2 is 0.959 bits per heavy atom.